The molecule has 4 aliphatic rings. The number of nitrogens with zero attached hydrogens (tertiary/aromatic N) is 4. The monoisotopic (exact) mass is 431 g/mol. The molecule has 6 nitrogen and oxygen atoms in total. The Balaban J connectivity index is 1.57. The second kappa shape index (κ2) is 5.25. The molecule has 4 heterocycles. The standard InChI is InChI=1S/C14H16Br2N4O2/c15-11-1-10(2-12(16)14(11)22)13(21)3-20-7-17-4-18(8-20)6-19(5-17)9-20/h1-2H,3-9H2/p+1. The van der Waals surface area contributed by atoms with Crippen molar-refractivity contribution in [3.05, 3.63) is 26.6 Å². The highest BCUT2D eigenvalue weighted by Gasteiger charge is 2.49. The van der Waals surface area contributed by atoms with Crippen LogP contribution in [-0.4, -0.2) is 76.6 Å². The van der Waals surface area contributed by atoms with Gasteiger partial charge in [-0.1, -0.05) is 0 Å². The Morgan fingerprint density at radius 1 is 1.05 bits per heavy atom. The van der Waals surface area contributed by atoms with Gasteiger partial charge < -0.3 is 5.11 Å². The molecule has 1 aromatic rings. The highest BCUT2D eigenvalue weighted by molar-refractivity contribution is 9.11. The van der Waals surface area contributed by atoms with E-state index in [1.165, 1.54) is 0 Å². The van der Waals surface area contributed by atoms with E-state index in [4.69, 9.17) is 0 Å². The molecule has 0 radical (unpaired) electrons. The number of benzene rings is 1. The average molecular weight is 433 g/mol. The van der Waals surface area contributed by atoms with Crippen LogP contribution in [0.15, 0.2) is 21.1 Å². The van der Waals surface area contributed by atoms with Crippen molar-refractivity contribution in [2.45, 2.75) is 0 Å². The first-order valence-electron chi connectivity index (χ1n) is 7.17. The first kappa shape index (κ1) is 15.0. The summed E-state index contributed by atoms with van der Waals surface area (Å²) in [5, 5.41) is 9.79. The van der Waals surface area contributed by atoms with Crippen molar-refractivity contribution < 1.29 is 14.4 Å². The third-order valence-electron chi connectivity index (χ3n) is 4.52. The molecule has 4 fully saturated rings. The van der Waals surface area contributed by atoms with Gasteiger partial charge in [0.15, 0.2) is 0 Å². The quantitative estimate of drug-likeness (QED) is 0.580. The molecular formula is C14H17Br2N4O2+. The zero-order valence-electron chi connectivity index (χ0n) is 12.0. The fourth-order valence-corrected chi connectivity index (χ4v) is 5.12. The molecule has 0 spiro atoms. The van der Waals surface area contributed by atoms with Crippen molar-refractivity contribution in [2.75, 3.05) is 46.6 Å². The first-order valence-corrected chi connectivity index (χ1v) is 8.76. The van der Waals surface area contributed by atoms with E-state index in [0.29, 0.717) is 21.1 Å². The van der Waals surface area contributed by atoms with Crippen LogP contribution in [0.25, 0.3) is 0 Å². The molecule has 22 heavy (non-hydrogen) atoms. The largest absolute Gasteiger partial charge is 0.506 e. The van der Waals surface area contributed by atoms with Crippen molar-refractivity contribution in [3.63, 3.8) is 0 Å². The number of hydrogen-bond donors (Lipinski definition) is 1. The minimum atomic E-state index is 0.118. The first-order chi connectivity index (χ1) is 10.4. The van der Waals surface area contributed by atoms with E-state index in [1.807, 2.05) is 0 Å². The molecule has 8 heteroatoms. The molecule has 5 rings (SSSR count). The summed E-state index contributed by atoms with van der Waals surface area (Å²) in [7, 11) is 0. The Bertz CT molecular complexity index is 593. The number of phenolic OH excluding ortho intramolecular Hbond substituents is 1. The Kier molecular flexibility index (Phi) is 3.59. The summed E-state index contributed by atoms with van der Waals surface area (Å²) in [6.07, 6.45) is 0. The molecule has 0 amide bonds. The Morgan fingerprint density at radius 3 is 1.95 bits per heavy atom. The van der Waals surface area contributed by atoms with Crippen LogP contribution in [0.3, 0.4) is 0 Å². The molecule has 4 saturated heterocycles. The number of rotatable bonds is 3. The van der Waals surface area contributed by atoms with Gasteiger partial charge in [-0.2, -0.15) is 0 Å². The number of halogens is 2. The van der Waals surface area contributed by atoms with E-state index in [-0.39, 0.29) is 11.5 Å². The van der Waals surface area contributed by atoms with Gasteiger partial charge in [0.25, 0.3) is 0 Å². The molecule has 1 N–H and O–H groups in total. The minimum Gasteiger partial charge on any atom is -0.506 e. The van der Waals surface area contributed by atoms with Crippen LogP contribution in [0.1, 0.15) is 10.4 Å². The van der Waals surface area contributed by atoms with Gasteiger partial charge >= 0.3 is 0 Å². The predicted molar refractivity (Wildman–Crippen MR) is 87.7 cm³/mol. The molecule has 0 aliphatic carbocycles. The van der Waals surface area contributed by atoms with E-state index in [2.05, 4.69) is 46.6 Å². The Hall–Kier alpha value is -0.510. The summed E-state index contributed by atoms with van der Waals surface area (Å²) < 4.78 is 1.87. The normalized spacial score (nSPS) is 35.8. The molecule has 0 saturated carbocycles. The predicted octanol–water partition coefficient (Wildman–Crippen LogP) is 1.61. The van der Waals surface area contributed by atoms with Gasteiger partial charge in [0.2, 0.25) is 5.78 Å². The summed E-state index contributed by atoms with van der Waals surface area (Å²) in [4.78, 5) is 19.9. The van der Waals surface area contributed by atoms with Gasteiger partial charge in [-0.25, -0.2) is 14.7 Å². The molecule has 118 valence electrons. The summed E-state index contributed by atoms with van der Waals surface area (Å²) in [5.41, 5.74) is 0.630. The summed E-state index contributed by atoms with van der Waals surface area (Å²) in [5.74, 6) is 0.246. The van der Waals surface area contributed by atoms with Crippen molar-refractivity contribution in [2.24, 2.45) is 0 Å². The maximum Gasteiger partial charge on any atom is 0.217 e. The lowest BCUT2D eigenvalue weighted by atomic mass is 10.1. The van der Waals surface area contributed by atoms with Crippen LogP contribution in [0, 0.1) is 0 Å². The van der Waals surface area contributed by atoms with Crippen LogP contribution in [0.5, 0.6) is 5.75 Å². The lowest BCUT2D eigenvalue weighted by molar-refractivity contribution is -0.973. The third-order valence-corrected chi connectivity index (χ3v) is 5.73. The number of Topliss-reactive ketones (excluding diaryl/α,β-unsaturated/α-hetero) is 1. The maximum atomic E-state index is 12.8. The van der Waals surface area contributed by atoms with Crippen LogP contribution in [-0.2, 0) is 0 Å². The van der Waals surface area contributed by atoms with Crippen LogP contribution in [0.2, 0.25) is 0 Å². The van der Waals surface area contributed by atoms with Gasteiger partial charge in [-0.3, -0.25) is 9.28 Å². The number of hydrogen-bond acceptors (Lipinski definition) is 5. The Labute approximate surface area is 145 Å². The second-order valence-corrected chi connectivity index (χ2v) is 8.28. The van der Waals surface area contributed by atoms with Gasteiger partial charge in [0.1, 0.15) is 32.3 Å². The molecule has 1 aromatic carbocycles. The molecule has 0 unspecified atom stereocenters. The van der Waals surface area contributed by atoms with Crippen molar-refractivity contribution in [3.8, 4) is 5.75 Å². The van der Waals surface area contributed by atoms with Gasteiger partial charge in [-0.15, -0.1) is 0 Å². The van der Waals surface area contributed by atoms with E-state index < -0.39 is 0 Å². The van der Waals surface area contributed by atoms with Gasteiger partial charge in [-0.05, 0) is 44.0 Å². The van der Waals surface area contributed by atoms with E-state index >= 15 is 0 Å². The average Bonchev–Trinajstić information content (AvgIpc) is 2.42. The second-order valence-electron chi connectivity index (χ2n) is 6.57. The number of aromatic hydroxyl groups is 1. The number of phenols is 1. The van der Waals surface area contributed by atoms with E-state index in [9.17, 15) is 9.90 Å². The molecule has 0 atom stereocenters. The summed E-state index contributed by atoms with van der Waals surface area (Å²) >= 11 is 6.59. The van der Waals surface area contributed by atoms with Gasteiger partial charge in [0.05, 0.1) is 29.0 Å². The van der Waals surface area contributed by atoms with E-state index in [1.54, 1.807) is 12.1 Å². The van der Waals surface area contributed by atoms with E-state index in [0.717, 1.165) is 44.5 Å². The summed E-state index contributed by atoms with van der Waals surface area (Å²) in [6, 6.07) is 3.40. The summed E-state index contributed by atoms with van der Waals surface area (Å²) in [6.45, 7) is 6.37. The molecular weight excluding hydrogens is 416 g/mol. The zero-order chi connectivity index (χ0) is 15.5. The van der Waals surface area contributed by atoms with Crippen LogP contribution < -0.4 is 0 Å². The van der Waals surface area contributed by atoms with Gasteiger partial charge in [0, 0.05) is 5.56 Å². The lowest BCUT2D eigenvalue weighted by Crippen LogP contribution is -2.79. The SMILES string of the molecule is O=C(C[N+]12CN3CN(CN(C3)C1)C2)c1cc(Br)c(O)c(Br)c1. The molecule has 0 aromatic heterocycles. The Morgan fingerprint density at radius 2 is 1.50 bits per heavy atom. The highest BCUT2D eigenvalue weighted by Crippen LogP contribution is 2.34. The fourth-order valence-electron chi connectivity index (χ4n) is 3.93. The van der Waals surface area contributed by atoms with Crippen molar-refractivity contribution in [1.29, 1.82) is 0 Å². The van der Waals surface area contributed by atoms with Crippen molar-refractivity contribution >= 4 is 37.6 Å². The van der Waals surface area contributed by atoms with Crippen LogP contribution >= 0.6 is 31.9 Å². The smallest absolute Gasteiger partial charge is 0.217 e. The lowest BCUT2D eigenvalue weighted by Gasteiger charge is -2.60. The minimum absolute atomic E-state index is 0.118. The third kappa shape index (κ3) is 2.51. The number of quaternary nitrogens is 1. The molecule has 4 aliphatic heterocycles. The number of carbonyl (C=O) groups excluding carboxylic acids is 1. The van der Waals surface area contributed by atoms with Crippen LogP contribution in [0.4, 0.5) is 0 Å². The highest BCUT2D eigenvalue weighted by atomic mass is 79.9. The zero-order valence-corrected chi connectivity index (χ0v) is 15.2. The number of carbonyl (C=O) groups is 1. The fraction of sp³-hybridized carbons (Fsp3) is 0.500. The molecule has 4 bridgehead atoms. The van der Waals surface area contributed by atoms with Crippen molar-refractivity contribution in [1.82, 2.24) is 14.7 Å². The maximum absolute atomic E-state index is 12.8. The topological polar surface area (TPSA) is 47.0 Å². The number of ketones is 1.